The van der Waals surface area contributed by atoms with Crippen LogP contribution >= 0.6 is 0 Å². The number of carbonyl (C=O) groups is 1. The van der Waals surface area contributed by atoms with E-state index in [0.717, 1.165) is 12.1 Å². The molecular formula is C18H23N5O2. The molecule has 0 fully saturated rings. The molecule has 132 valence electrons. The van der Waals surface area contributed by atoms with Crippen molar-refractivity contribution in [2.24, 2.45) is 16.5 Å². The molecule has 2 rings (SSSR count). The van der Waals surface area contributed by atoms with Gasteiger partial charge < -0.3 is 16.4 Å². The molecule has 0 spiro atoms. The van der Waals surface area contributed by atoms with E-state index in [0.29, 0.717) is 11.4 Å². The minimum atomic E-state index is -0.590. The molecule has 0 aromatic heterocycles. The van der Waals surface area contributed by atoms with Gasteiger partial charge in [-0.3, -0.25) is 15.1 Å². The van der Waals surface area contributed by atoms with Crippen LogP contribution in [0.15, 0.2) is 47.5 Å². The molecule has 0 unspecified atom stereocenters. The highest BCUT2D eigenvalue weighted by molar-refractivity contribution is 6.05. The molecule has 2 aromatic rings. The quantitative estimate of drug-likeness (QED) is 0.405. The lowest BCUT2D eigenvalue weighted by molar-refractivity contribution is 0.100. The average molecular weight is 341 g/mol. The monoisotopic (exact) mass is 341 g/mol. The summed E-state index contributed by atoms with van der Waals surface area (Å²) in [7, 11) is 5.49. The smallest absolute Gasteiger partial charge is 0.250 e. The van der Waals surface area contributed by atoms with E-state index in [4.69, 9.17) is 16.3 Å². The Morgan fingerprint density at radius 2 is 1.84 bits per heavy atom. The van der Waals surface area contributed by atoms with Crippen LogP contribution in [0.4, 0.5) is 11.4 Å². The van der Waals surface area contributed by atoms with Crippen LogP contribution in [0.1, 0.15) is 21.5 Å². The zero-order valence-corrected chi connectivity index (χ0v) is 14.6. The number of nitrogens with two attached hydrogens (primary N) is 2. The summed E-state index contributed by atoms with van der Waals surface area (Å²) < 4.78 is 0. The van der Waals surface area contributed by atoms with Crippen molar-refractivity contribution < 1.29 is 9.63 Å². The summed E-state index contributed by atoms with van der Waals surface area (Å²) >= 11 is 0. The van der Waals surface area contributed by atoms with Crippen molar-refractivity contribution >= 4 is 23.1 Å². The number of rotatable bonds is 7. The second kappa shape index (κ2) is 8.27. The number of hydrogen-bond donors (Lipinski definition) is 3. The van der Waals surface area contributed by atoms with Crippen molar-refractivity contribution in [3.05, 3.63) is 59.2 Å². The van der Waals surface area contributed by atoms with Gasteiger partial charge in [-0.2, -0.15) is 0 Å². The molecule has 0 heterocycles. The molecule has 0 bridgehead atoms. The van der Waals surface area contributed by atoms with Crippen molar-refractivity contribution in [3.8, 4) is 0 Å². The van der Waals surface area contributed by atoms with E-state index in [-0.39, 0.29) is 11.4 Å². The summed E-state index contributed by atoms with van der Waals surface area (Å²) in [4.78, 5) is 23.1. The highest BCUT2D eigenvalue weighted by Gasteiger charge is 2.13. The lowest BCUT2D eigenvalue weighted by atomic mass is 10.1. The van der Waals surface area contributed by atoms with Gasteiger partial charge in [0.2, 0.25) is 0 Å². The van der Waals surface area contributed by atoms with Crippen molar-refractivity contribution in [1.82, 2.24) is 4.90 Å². The molecule has 0 atom stereocenters. The van der Waals surface area contributed by atoms with Crippen LogP contribution < -0.4 is 16.9 Å². The normalized spacial score (nSPS) is 11.6. The molecule has 0 saturated heterocycles. The molecule has 5 N–H and O–H groups in total. The van der Waals surface area contributed by atoms with Crippen LogP contribution in [-0.4, -0.2) is 37.8 Å². The first-order chi connectivity index (χ1) is 11.9. The van der Waals surface area contributed by atoms with Gasteiger partial charge in [-0.15, -0.1) is 0 Å². The van der Waals surface area contributed by atoms with Gasteiger partial charge in [0.1, 0.15) is 11.5 Å². The predicted octanol–water partition coefficient (Wildman–Crippen LogP) is 1.86. The van der Waals surface area contributed by atoms with Gasteiger partial charge in [0.15, 0.2) is 0 Å². The number of amidine groups is 1. The topological polar surface area (TPSA) is 106 Å². The number of aliphatic imine (C=N–C) groups is 1. The van der Waals surface area contributed by atoms with Crippen molar-refractivity contribution in [2.45, 2.75) is 6.54 Å². The maximum absolute atomic E-state index is 11.7. The molecule has 0 aliphatic heterocycles. The average Bonchev–Trinajstić information content (AvgIpc) is 2.56. The fourth-order valence-electron chi connectivity index (χ4n) is 2.39. The number of hydrogen-bond acceptors (Lipinski definition) is 5. The number of nitrogens with one attached hydrogen (secondary N) is 1. The largest absolute Gasteiger partial charge is 0.383 e. The summed E-state index contributed by atoms with van der Waals surface area (Å²) in [6, 6.07) is 12.8. The molecule has 7 nitrogen and oxygen atoms in total. The fourth-order valence-corrected chi connectivity index (χ4v) is 2.39. The van der Waals surface area contributed by atoms with E-state index in [1.807, 2.05) is 38.4 Å². The minimum Gasteiger partial charge on any atom is -0.383 e. The number of amides is 1. The molecular weight excluding hydrogens is 318 g/mol. The first kappa shape index (κ1) is 18.4. The zero-order valence-electron chi connectivity index (χ0n) is 14.6. The Bertz CT molecular complexity index is 770. The first-order valence-corrected chi connectivity index (χ1v) is 7.72. The van der Waals surface area contributed by atoms with E-state index in [2.05, 4.69) is 15.4 Å². The molecule has 25 heavy (non-hydrogen) atoms. The van der Waals surface area contributed by atoms with Gasteiger partial charge in [0.25, 0.3) is 5.91 Å². The van der Waals surface area contributed by atoms with E-state index >= 15 is 0 Å². The Hall–Kier alpha value is -2.90. The van der Waals surface area contributed by atoms with Crippen molar-refractivity contribution in [2.75, 3.05) is 26.7 Å². The van der Waals surface area contributed by atoms with Crippen LogP contribution in [0.2, 0.25) is 0 Å². The lowest BCUT2D eigenvalue weighted by Crippen LogP contribution is -2.16. The third-order valence-electron chi connectivity index (χ3n) is 3.49. The number of benzene rings is 2. The molecule has 0 aliphatic carbocycles. The molecule has 0 saturated carbocycles. The lowest BCUT2D eigenvalue weighted by Gasteiger charge is -2.12. The van der Waals surface area contributed by atoms with Crippen LogP contribution in [0.3, 0.4) is 0 Å². The second-order valence-corrected chi connectivity index (χ2v) is 5.80. The second-order valence-electron chi connectivity index (χ2n) is 5.80. The predicted molar refractivity (Wildman–Crippen MR) is 99.8 cm³/mol. The summed E-state index contributed by atoms with van der Waals surface area (Å²) in [5.41, 5.74) is 17.3. The van der Waals surface area contributed by atoms with Gasteiger partial charge in [-0.05, 0) is 31.8 Å². The van der Waals surface area contributed by atoms with Gasteiger partial charge in [-0.25, -0.2) is 4.99 Å². The Balaban J connectivity index is 2.40. The molecule has 1 amide bonds. The number of carbonyl (C=O) groups excluding carboxylic acids is 1. The Morgan fingerprint density at radius 1 is 1.16 bits per heavy atom. The Kier molecular flexibility index (Phi) is 6.10. The summed E-state index contributed by atoms with van der Waals surface area (Å²) in [5, 5.41) is 0. The SMILES string of the molecule is CONc1cccc(C(N)=O)c1N=C(N)c1ccc(CN(C)C)cc1. The van der Waals surface area contributed by atoms with E-state index in [1.54, 1.807) is 18.2 Å². The molecule has 2 aromatic carbocycles. The number of anilines is 1. The summed E-state index contributed by atoms with van der Waals surface area (Å²) in [6.07, 6.45) is 0. The van der Waals surface area contributed by atoms with Crippen molar-refractivity contribution in [1.29, 1.82) is 0 Å². The van der Waals surface area contributed by atoms with Gasteiger partial charge in [0, 0.05) is 12.1 Å². The molecule has 7 heteroatoms. The maximum Gasteiger partial charge on any atom is 0.250 e. The zero-order chi connectivity index (χ0) is 18.4. The van der Waals surface area contributed by atoms with Crippen molar-refractivity contribution in [3.63, 3.8) is 0 Å². The van der Waals surface area contributed by atoms with E-state index < -0.39 is 5.91 Å². The van der Waals surface area contributed by atoms with Gasteiger partial charge >= 0.3 is 0 Å². The van der Waals surface area contributed by atoms with Gasteiger partial charge in [-0.1, -0.05) is 30.3 Å². The fraction of sp³-hybridized carbons (Fsp3) is 0.222. The summed E-state index contributed by atoms with van der Waals surface area (Å²) in [5.74, 6) is -0.308. The Labute approximate surface area is 147 Å². The van der Waals surface area contributed by atoms with Crippen LogP contribution in [-0.2, 0) is 11.4 Å². The number of primary amides is 1. The van der Waals surface area contributed by atoms with E-state index in [9.17, 15) is 4.79 Å². The van der Waals surface area contributed by atoms with Crippen LogP contribution in [0.25, 0.3) is 0 Å². The van der Waals surface area contributed by atoms with Crippen LogP contribution in [0, 0.1) is 0 Å². The molecule has 0 radical (unpaired) electrons. The highest BCUT2D eigenvalue weighted by atomic mass is 16.6. The number of nitrogens with zero attached hydrogens (tertiary/aromatic N) is 2. The van der Waals surface area contributed by atoms with Crippen LogP contribution in [0.5, 0.6) is 0 Å². The summed E-state index contributed by atoms with van der Waals surface area (Å²) in [6.45, 7) is 0.837. The minimum absolute atomic E-state index is 0.259. The third kappa shape index (κ3) is 4.79. The maximum atomic E-state index is 11.7. The highest BCUT2D eigenvalue weighted by Crippen LogP contribution is 2.29. The van der Waals surface area contributed by atoms with Gasteiger partial charge in [0.05, 0.1) is 18.4 Å². The number of para-hydroxylation sites is 1. The van der Waals surface area contributed by atoms with E-state index in [1.165, 1.54) is 12.7 Å². The first-order valence-electron chi connectivity index (χ1n) is 7.72. The molecule has 0 aliphatic rings. The standard InChI is InChI=1S/C18H23N5O2/c1-23(2)11-12-7-9-13(10-8-12)17(19)21-16-14(18(20)24)5-4-6-15(16)22-25-3/h4-10,22H,11H2,1-3H3,(H2,19,21)(H2,20,24). The third-order valence-corrected chi connectivity index (χ3v) is 3.49. The Morgan fingerprint density at radius 3 is 2.40 bits per heavy atom.